The SMILES string of the molecule is NCCCc1nc2ccc(F)cc2n1-c1ccccc1. The Morgan fingerprint density at radius 3 is 2.65 bits per heavy atom. The summed E-state index contributed by atoms with van der Waals surface area (Å²) < 4.78 is 15.5. The topological polar surface area (TPSA) is 43.8 Å². The summed E-state index contributed by atoms with van der Waals surface area (Å²) in [6.45, 7) is 0.617. The number of para-hydroxylation sites is 1. The number of hydrogen-bond donors (Lipinski definition) is 1. The molecule has 0 unspecified atom stereocenters. The number of rotatable bonds is 4. The van der Waals surface area contributed by atoms with Crippen molar-refractivity contribution in [3.8, 4) is 5.69 Å². The Balaban J connectivity index is 2.22. The van der Waals surface area contributed by atoms with Crippen molar-refractivity contribution in [3.05, 3.63) is 60.2 Å². The Kier molecular flexibility index (Phi) is 3.48. The standard InChI is InChI=1S/C16H16FN3/c17-12-8-9-14-15(11-12)20(13-5-2-1-3-6-13)16(19-14)7-4-10-18/h1-3,5-6,8-9,11H,4,7,10,18H2. The fourth-order valence-electron chi connectivity index (χ4n) is 2.39. The monoisotopic (exact) mass is 269 g/mol. The molecule has 0 aliphatic rings. The average Bonchev–Trinajstić information content (AvgIpc) is 2.83. The predicted molar refractivity (Wildman–Crippen MR) is 78.4 cm³/mol. The summed E-state index contributed by atoms with van der Waals surface area (Å²) in [5, 5.41) is 0. The fourth-order valence-corrected chi connectivity index (χ4v) is 2.39. The van der Waals surface area contributed by atoms with E-state index in [-0.39, 0.29) is 5.82 Å². The highest BCUT2D eigenvalue weighted by Gasteiger charge is 2.12. The second kappa shape index (κ2) is 5.43. The van der Waals surface area contributed by atoms with E-state index in [1.807, 2.05) is 34.9 Å². The molecule has 3 nitrogen and oxygen atoms in total. The smallest absolute Gasteiger partial charge is 0.125 e. The van der Waals surface area contributed by atoms with Gasteiger partial charge in [-0.1, -0.05) is 18.2 Å². The molecule has 3 aromatic rings. The van der Waals surface area contributed by atoms with Crippen LogP contribution in [-0.4, -0.2) is 16.1 Å². The average molecular weight is 269 g/mol. The molecule has 2 aromatic carbocycles. The molecule has 0 radical (unpaired) electrons. The lowest BCUT2D eigenvalue weighted by molar-refractivity contribution is 0.629. The number of nitrogens with zero attached hydrogens (tertiary/aromatic N) is 2. The molecular weight excluding hydrogens is 253 g/mol. The molecule has 2 N–H and O–H groups in total. The van der Waals surface area contributed by atoms with Crippen molar-refractivity contribution < 1.29 is 4.39 Å². The van der Waals surface area contributed by atoms with Gasteiger partial charge >= 0.3 is 0 Å². The second-order valence-corrected chi connectivity index (χ2v) is 4.72. The molecule has 0 aliphatic carbocycles. The van der Waals surface area contributed by atoms with Crippen molar-refractivity contribution in [2.45, 2.75) is 12.8 Å². The number of nitrogens with two attached hydrogens (primary N) is 1. The molecule has 1 aromatic heterocycles. The highest BCUT2D eigenvalue weighted by atomic mass is 19.1. The third-order valence-corrected chi connectivity index (χ3v) is 3.30. The van der Waals surface area contributed by atoms with E-state index in [2.05, 4.69) is 4.98 Å². The highest BCUT2D eigenvalue weighted by molar-refractivity contribution is 5.78. The lowest BCUT2D eigenvalue weighted by Gasteiger charge is -2.08. The number of imidazole rings is 1. The molecule has 3 rings (SSSR count). The summed E-state index contributed by atoms with van der Waals surface area (Å²) in [4.78, 5) is 4.61. The molecule has 102 valence electrons. The molecule has 0 aliphatic heterocycles. The van der Waals surface area contributed by atoms with Crippen LogP contribution < -0.4 is 5.73 Å². The number of hydrogen-bond acceptors (Lipinski definition) is 2. The Labute approximate surface area is 116 Å². The van der Waals surface area contributed by atoms with Crippen LogP contribution in [0, 0.1) is 5.82 Å². The van der Waals surface area contributed by atoms with Crippen LogP contribution in [0.4, 0.5) is 4.39 Å². The Morgan fingerprint density at radius 1 is 1.10 bits per heavy atom. The lowest BCUT2D eigenvalue weighted by atomic mass is 10.2. The Hall–Kier alpha value is -2.20. The van der Waals surface area contributed by atoms with Gasteiger partial charge in [0, 0.05) is 18.2 Å². The van der Waals surface area contributed by atoms with Crippen molar-refractivity contribution in [1.29, 1.82) is 0 Å². The molecule has 0 amide bonds. The first-order valence-corrected chi connectivity index (χ1v) is 6.72. The normalized spacial score (nSPS) is 11.1. The first kappa shape index (κ1) is 12.8. The molecule has 0 fully saturated rings. The maximum Gasteiger partial charge on any atom is 0.125 e. The van der Waals surface area contributed by atoms with Crippen LogP contribution in [0.2, 0.25) is 0 Å². The van der Waals surface area contributed by atoms with Gasteiger partial charge in [0.2, 0.25) is 0 Å². The van der Waals surface area contributed by atoms with Gasteiger partial charge in [0.15, 0.2) is 0 Å². The lowest BCUT2D eigenvalue weighted by Crippen LogP contribution is -2.05. The molecule has 0 saturated heterocycles. The number of aromatic nitrogens is 2. The summed E-state index contributed by atoms with van der Waals surface area (Å²) in [5.41, 5.74) is 8.18. The van der Waals surface area contributed by atoms with Crippen molar-refractivity contribution >= 4 is 11.0 Å². The quantitative estimate of drug-likeness (QED) is 0.791. The minimum atomic E-state index is -0.250. The Morgan fingerprint density at radius 2 is 1.90 bits per heavy atom. The zero-order valence-electron chi connectivity index (χ0n) is 11.1. The molecule has 1 heterocycles. The van der Waals surface area contributed by atoms with Crippen molar-refractivity contribution in [1.82, 2.24) is 9.55 Å². The van der Waals surface area contributed by atoms with Crippen LogP contribution in [0.15, 0.2) is 48.5 Å². The summed E-state index contributed by atoms with van der Waals surface area (Å²) in [7, 11) is 0. The predicted octanol–water partition coefficient (Wildman–Crippen LogP) is 3.06. The van der Waals surface area contributed by atoms with Gasteiger partial charge in [0.25, 0.3) is 0 Å². The first-order valence-electron chi connectivity index (χ1n) is 6.72. The zero-order chi connectivity index (χ0) is 13.9. The molecule has 0 bridgehead atoms. The molecule has 20 heavy (non-hydrogen) atoms. The summed E-state index contributed by atoms with van der Waals surface area (Å²) in [6.07, 6.45) is 1.64. The number of halogens is 1. The van der Waals surface area contributed by atoms with E-state index in [0.717, 1.165) is 35.4 Å². The van der Waals surface area contributed by atoms with Gasteiger partial charge < -0.3 is 5.73 Å². The first-order chi connectivity index (χ1) is 9.79. The number of aryl methyl sites for hydroxylation is 1. The van der Waals surface area contributed by atoms with Gasteiger partial charge in [-0.25, -0.2) is 9.37 Å². The van der Waals surface area contributed by atoms with Gasteiger partial charge in [0.1, 0.15) is 11.6 Å². The molecule has 0 atom stereocenters. The minimum Gasteiger partial charge on any atom is -0.330 e. The maximum absolute atomic E-state index is 13.5. The van der Waals surface area contributed by atoms with E-state index in [4.69, 9.17) is 5.73 Å². The van der Waals surface area contributed by atoms with E-state index < -0.39 is 0 Å². The van der Waals surface area contributed by atoms with Crippen LogP contribution in [0.3, 0.4) is 0 Å². The van der Waals surface area contributed by atoms with Crippen LogP contribution in [0.25, 0.3) is 16.7 Å². The molecule has 0 spiro atoms. The number of fused-ring (bicyclic) bond motifs is 1. The largest absolute Gasteiger partial charge is 0.330 e. The van der Waals surface area contributed by atoms with Crippen LogP contribution >= 0.6 is 0 Å². The van der Waals surface area contributed by atoms with E-state index >= 15 is 0 Å². The molecular formula is C16H16FN3. The maximum atomic E-state index is 13.5. The zero-order valence-corrected chi connectivity index (χ0v) is 11.1. The van der Waals surface area contributed by atoms with Gasteiger partial charge in [-0.05, 0) is 37.2 Å². The second-order valence-electron chi connectivity index (χ2n) is 4.72. The van der Waals surface area contributed by atoms with Crippen LogP contribution in [-0.2, 0) is 6.42 Å². The molecule has 0 saturated carbocycles. The van der Waals surface area contributed by atoms with E-state index in [0.29, 0.717) is 6.54 Å². The van der Waals surface area contributed by atoms with Crippen LogP contribution in [0.1, 0.15) is 12.2 Å². The van der Waals surface area contributed by atoms with E-state index in [1.54, 1.807) is 6.07 Å². The summed E-state index contributed by atoms with van der Waals surface area (Å²) in [5.74, 6) is 0.669. The third-order valence-electron chi connectivity index (χ3n) is 3.30. The fraction of sp³-hybridized carbons (Fsp3) is 0.188. The highest BCUT2D eigenvalue weighted by Crippen LogP contribution is 2.23. The van der Waals surface area contributed by atoms with E-state index in [9.17, 15) is 4.39 Å². The third kappa shape index (κ3) is 2.30. The number of benzene rings is 2. The van der Waals surface area contributed by atoms with Gasteiger partial charge in [-0.3, -0.25) is 4.57 Å². The molecule has 4 heteroatoms. The minimum absolute atomic E-state index is 0.250. The van der Waals surface area contributed by atoms with Crippen molar-refractivity contribution in [2.75, 3.05) is 6.54 Å². The van der Waals surface area contributed by atoms with Crippen LogP contribution in [0.5, 0.6) is 0 Å². The van der Waals surface area contributed by atoms with E-state index in [1.165, 1.54) is 12.1 Å². The Bertz CT molecular complexity index is 719. The summed E-state index contributed by atoms with van der Waals surface area (Å²) >= 11 is 0. The summed E-state index contributed by atoms with van der Waals surface area (Å²) in [6, 6.07) is 14.6. The van der Waals surface area contributed by atoms with Crippen molar-refractivity contribution in [3.63, 3.8) is 0 Å². The van der Waals surface area contributed by atoms with Crippen molar-refractivity contribution in [2.24, 2.45) is 5.73 Å². The van der Waals surface area contributed by atoms with Gasteiger partial charge in [-0.15, -0.1) is 0 Å². The van der Waals surface area contributed by atoms with Gasteiger partial charge in [0.05, 0.1) is 11.0 Å². The van der Waals surface area contributed by atoms with Gasteiger partial charge in [-0.2, -0.15) is 0 Å².